The summed E-state index contributed by atoms with van der Waals surface area (Å²) < 4.78 is 5.44. The van der Waals surface area contributed by atoms with Gasteiger partial charge in [-0.2, -0.15) is 0 Å². The van der Waals surface area contributed by atoms with Crippen LogP contribution in [-0.2, 0) is 9.53 Å². The molecule has 2 aromatic heterocycles. The monoisotopic (exact) mass is 259 g/mol. The van der Waals surface area contributed by atoms with Gasteiger partial charge in [0.25, 0.3) is 0 Å². The normalized spacial score (nSPS) is 23.4. The number of fused-ring (bicyclic) bond motifs is 1. The van der Waals surface area contributed by atoms with E-state index in [9.17, 15) is 4.79 Å². The number of nitrogens with zero attached hydrogens (tertiary/aromatic N) is 1. The number of carbonyl (C=O) groups is 1. The quantitative estimate of drug-likeness (QED) is 0.803. The summed E-state index contributed by atoms with van der Waals surface area (Å²) in [5.41, 5.74) is 2.08. The van der Waals surface area contributed by atoms with E-state index in [1.807, 2.05) is 12.3 Å². The number of carbonyl (C=O) groups excluding carboxylic acids is 1. The largest absolute Gasteiger partial charge is 0.461 e. The van der Waals surface area contributed by atoms with Gasteiger partial charge in [-0.1, -0.05) is 0 Å². The van der Waals surface area contributed by atoms with E-state index < -0.39 is 0 Å². The molecule has 5 nitrogen and oxygen atoms in total. The molecule has 100 valence electrons. The van der Waals surface area contributed by atoms with Gasteiger partial charge >= 0.3 is 5.97 Å². The summed E-state index contributed by atoms with van der Waals surface area (Å²) in [6, 6.07) is 3.99. The molecule has 0 spiro atoms. The first-order chi connectivity index (χ1) is 9.25. The molecule has 0 bridgehead atoms. The molecular weight excluding hydrogens is 242 g/mol. The Bertz CT molecular complexity index is 593. The van der Waals surface area contributed by atoms with E-state index in [-0.39, 0.29) is 18.0 Å². The standard InChI is InChI=1S/C14H17N3O2/c1-9(18)19-13-8-15-6-4-10(13)12-7-17-14-11(12)3-2-5-16-14/h2-3,5,7,10,13,15H,4,6,8H2,1H3,(H,16,17). The molecule has 1 aliphatic rings. The smallest absolute Gasteiger partial charge is 0.302 e. The van der Waals surface area contributed by atoms with Gasteiger partial charge in [-0.3, -0.25) is 4.79 Å². The van der Waals surface area contributed by atoms with Gasteiger partial charge in [-0.05, 0) is 30.7 Å². The van der Waals surface area contributed by atoms with Crippen molar-refractivity contribution >= 4 is 17.0 Å². The molecule has 19 heavy (non-hydrogen) atoms. The van der Waals surface area contributed by atoms with Gasteiger partial charge in [0, 0.05) is 37.2 Å². The van der Waals surface area contributed by atoms with Crippen molar-refractivity contribution in [3.8, 4) is 0 Å². The highest BCUT2D eigenvalue weighted by atomic mass is 16.5. The van der Waals surface area contributed by atoms with Gasteiger partial charge in [0.15, 0.2) is 0 Å². The molecule has 0 aliphatic carbocycles. The van der Waals surface area contributed by atoms with Crippen molar-refractivity contribution in [2.45, 2.75) is 25.4 Å². The number of rotatable bonds is 2. The Labute approximate surface area is 111 Å². The number of hydrogen-bond acceptors (Lipinski definition) is 4. The highest BCUT2D eigenvalue weighted by Gasteiger charge is 2.30. The van der Waals surface area contributed by atoms with Crippen molar-refractivity contribution in [1.82, 2.24) is 15.3 Å². The van der Waals surface area contributed by atoms with Crippen molar-refractivity contribution in [1.29, 1.82) is 0 Å². The van der Waals surface area contributed by atoms with Crippen LogP contribution in [0.3, 0.4) is 0 Å². The molecule has 3 rings (SSSR count). The lowest BCUT2D eigenvalue weighted by Crippen LogP contribution is -2.41. The minimum absolute atomic E-state index is 0.106. The second-order valence-corrected chi connectivity index (χ2v) is 4.89. The maximum absolute atomic E-state index is 11.2. The van der Waals surface area contributed by atoms with Crippen LogP contribution in [-0.4, -0.2) is 35.1 Å². The summed E-state index contributed by atoms with van der Waals surface area (Å²) in [6.45, 7) is 3.11. The number of esters is 1. The Morgan fingerprint density at radius 1 is 1.53 bits per heavy atom. The molecular formula is C14H17N3O2. The van der Waals surface area contributed by atoms with E-state index in [1.165, 1.54) is 12.5 Å². The number of aromatic amines is 1. The lowest BCUT2D eigenvalue weighted by Gasteiger charge is -2.31. The van der Waals surface area contributed by atoms with E-state index in [0.29, 0.717) is 6.54 Å². The predicted octanol–water partition coefficient (Wildman–Crippen LogP) is 1.57. The summed E-state index contributed by atoms with van der Waals surface area (Å²) in [6.07, 6.45) is 4.61. The van der Waals surface area contributed by atoms with Gasteiger partial charge in [0.2, 0.25) is 0 Å². The fraction of sp³-hybridized carbons (Fsp3) is 0.429. The van der Waals surface area contributed by atoms with Crippen molar-refractivity contribution in [2.75, 3.05) is 13.1 Å². The summed E-state index contributed by atoms with van der Waals surface area (Å²) in [5.74, 6) is -0.000216. The van der Waals surface area contributed by atoms with Gasteiger partial charge < -0.3 is 15.0 Å². The molecule has 2 N–H and O–H groups in total. The van der Waals surface area contributed by atoms with Crippen LogP contribution < -0.4 is 5.32 Å². The van der Waals surface area contributed by atoms with Gasteiger partial charge in [0.1, 0.15) is 11.8 Å². The molecule has 1 aliphatic heterocycles. The summed E-state index contributed by atoms with van der Waals surface area (Å²) in [7, 11) is 0. The number of hydrogen-bond donors (Lipinski definition) is 2. The van der Waals surface area contributed by atoms with Crippen molar-refractivity contribution in [3.63, 3.8) is 0 Å². The van der Waals surface area contributed by atoms with E-state index >= 15 is 0 Å². The van der Waals surface area contributed by atoms with Crippen LogP contribution in [0.5, 0.6) is 0 Å². The molecule has 2 aromatic rings. The number of nitrogens with one attached hydrogen (secondary N) is 2. The SMILES string of the molecule is CC(=O)OC1CNCCC1c1c[nH]c2ncccc12. The maximum atomic E-state index is 11.2. The Kier molecular flexibility index (Phi) is 3.21. The molecule has 0 radical (unpaired) electrons. The Hall–Kier alpha value is -1.88. The first-order valence-corrected chi connectivity index (χ1v) is 6.55. The Balaban J connectivity index is 1.95. The molecule has 0 aromatic carbocycles. The van der Waals surface area contributed by atoms with Crippen LogP contribution in [0, 0.1) is 0 Å². The number of aromatic nitrogens is 2. The molecule has 0 saturated carbocycles. The van der Waals surface area contributed by atoms with Crippen LogP contribution in [0.2, 0.25) is 0 Å². The molecule has 0 amide bonds. The first-order valence-electron chi connectivity index (χ1n) is 6.55. The van der Waals surface area contributed by atoms with Crippen molar-refractivity contribution < 1.29 is 9.53 Å². The number of pyridine rings is 1. The Morgan fingerprint density at radius 2 is 2.42 bits per heavy atom. The zero-order valence-electron chi connectivity index (χ0n) is 10.8. The summed E-state index contributed by atoms with van der Waals surface area (Å²) in [4.78, 5) is 18.7. The van der Waals surface area contributed by atoms with E-state index in [4.69, 9.17) is 4.74 Å². The van der Waals surface area contributed by atoms with Gasteiger partial charge in [0.05, 0.1) is 0 Å². The minimum Gasteiger partial charge on any atom is -0.461 e. The number of piperidine rings is 1. The average molecular weight is 259 g/mol. The van der Waals surface area contributed by atoms with Crippen molar-refractivity contribution in [3.05, 3.63) is 30.1 Å². The zero-order chi connectivity index (χ0) is 13.2. The van der Waals surface area contributed by atoms with Gasteiger partial charge in [-0.15, -0.1) is 0 Å². The van der Waals surface area contributed by atoms with Crippen LogP contribution in [0.1, 0.15) is 24.8 Å². The fourth-order valence-electron chi connectivity index (χ4n) is 2.81. The predicted molar refractivity (Wildman–Crippen MR) is 71.9 cm³/mol. The van der Waals surface area contributed by atoms with Crippen LogP contribution in [0.25, 0.3) is 11.0 Å². The fourth-order valence-corrected chi connectivity index (χ4v) is 2.81. The van der Waals surface area contributed by atoms with E-state index in [2.05, 4.69) is 21.4 Å². The lowest BCUT2D eigenvalue weighted by atomic mass is 9.88. The molecule has 5 heteroatoms. The zero-order valence-corrected chi connectivity index (χ0v) is 10.8. The average Bonchev–Trinajstić information content (AvgIpc) is 2.82. The topological polar surface area (TPSA) is 67.0 Å². The molecule has 1 fully saturated rings. The first kappa shape index (κ1) is 12.2. The third-order valence-corrected chi connectivity index (χ3v) is 3.63. The van der Waals surface area contributed by atoms with Crippen molar-refractivity contribution in [2.24, 2.45) is 0 Å². The minimum atomic E-state index is -0.225. The summed E-state index contributed by atoms with van der Waals surface area (Å²) in [5, 5.41) is 4.39. The van der Waals surface area contributed by atoms with E-state index in [1.54, 1.807) is 6.20 Å². The maximum Gasteiger partial charge on any atom is 0.302 e. The number of H-pyrrole nitrogens is 1. The third-order valence-electron chi connectivity index (χ3n) is 3.63. The second kappa shape index (κ2) is 5.01. The van der Waals surface area contributed by atoms with Crippen LogP contribution in [0.4, 0.5) is 0 Å². The third kappa shape index (κ3) is 2.33. The molecule has 1 saturated heterocycles. The Morgan fingerprint density at radius 3 is 3.26 bits per heavy atom. The van der Waals surface area contributed by atoms with Crippen LogP contribution in [0.15, 0.2) is 24.5 Å². The highest BCUT2D eigenvalue weighted by Crippen LogP contribution is 2.32. The molecule has 2 atom stereocenters. The lowest BCUT2D eigenvalue weighted by molar-refractivity contribution is -0.148. The second-order valence-electron chi connectivity index (χ2n) is 4.89. The van der Waals surface area contributed by atoms with Crippen LogP contribution >= 0.6 is 0 Å². The van der Waals surface area contributed by atoms with E-state index in [0.717, 1.165) is 24.0 Å². The molecule has 3 heterocycles. The molecule has 2 unspecified atom stereocenters. The van der Waals surface area contributed by atoms with Gasteiger partial charge in [-0.25, -0.2) is 4.98 Å². The number of ether oxygens (including phenoxy) is 1. The highest BCUT2D eigenvalue weighted by molar-refractivity contribution is 5.80. The summed E-state index contributed by atoms with van der Waals surface area (Å²) >= 11 is 0.